The van der Waals surface area contributed by atoms with E-state index in [1.807, 2.05) is 12.1 Å². The number of nitrogens with two attached hydrogens (primary N) is 1. The van der Waals surface area contributed by atoms with Crippen LogP contribution in [0.3, 0.4) is 0 Å². The van der Waals surface area contributed by atoms with Crippen molar-refractivity contribution in [1.29, 1.82) is 0 Å². The average molecular weight is 306 g/mol. The highest BCUT2D eigenvalue weighted by molar-refractivity contribution is 9.10. The van der Waals surface area contributed by atoms with Gasteiger partial charge >= 0.3 is 0 Å². The molecule has 0 unspecified atom stereocenters. The van der Waals surface area contributed by atoms with E-state index in [0.717, 1.165) is 33.9 Å². The minimum absolute atomic E-state index is 1.01. The Balaban J connectivity index is 2.34. The standard InChI is InChI=1S/C14H16BrN3/c15-11-7-4-6-10-13(18-16)9-5-2-1-3-8-12(9)17-14(10)11/h4,6-7H,1-3,5,8,16H2,(H,17,18). The third kappa shape index (κ3) is 1.89. The van der Waals surface area contributed by atoms with E-state index in [1.54, 1.807) is 0 Å². The van der Waals surface area contributed by atoms with Crippen molar-refractivity contribution in [3.63, 3.8) is 0 Å². The van der Waals surface area contributed by atoms with Gasteiger partial charge in [0.25, 0.3) is 0 Å². The second-order valence-corrected chi connectivity index (χ2v) is 5.61. The van der Waals surface area contributed by atoms with E-state index in [9.17, 15) is 0 Å². The summed E-state index contributed by atoms with van der Waals surface area (Å²) in [4.78, 5) is 4.84. The maximum Gasteiger partial charge on any atom is 0.0868 e. The first kappa shape index (κ1) is 11.9. The number of aromatic nitrogens is 1. The zero-order valence-corrected chi connectivity index (χ0v) is 11.8. The third-order valence-electron chi connectivity index (χ3n) is 3.64. The van der Waals surface area contributed by atoms with Crippen LogP contribution in [0.4, 0.5) is 5.69 Å². The number of benzene rings is 1. The molecule has 3 rings (SSSR count). The van der Waals surface area contributed by atoms with E-state index in [-0.39, 0.29) is 0 Å². The molecule has 1 aliphatic carbocycles. The normalized spacial score (nSPS) is 15.2. The van der Waals surface area contributed by atoms with Crippen molar-refractivity contribution in [1.82, 2.24) is 4.98 Å². The van der Waals surface area contributed by atoms with Crippen molar-refractivity contribution < 1.29 is 0 Å². The van der Waals surface area contributed by atoms with Gasteiger partial charge in [0, 0.05) is 15.6 Å². The van der Waals surface area contributed by atoms with Crippen LogP contribution >= 0.6 is 15.9 Å². The van der Waals surface area contributed by atoms with Crippen LogP contribution in [0.25, 0.3) is 10.9 Å². The van der Waals surface area contributed by atoms with Crippen molar-refractivity contribution in [3.8, 4) is 0 Å². The number of nitrogens with zero attached hydrogens (tertiary/aromatic N) is 1. The number of halogens is 1. The van der Waals surface area contributed by atoms with Crippen molar-refractivity contribution in [2.24, 2.45) is 5.84 Å². The summed E-state index contributed by atoms with van der Waals surface area (Å²) in [7, 11) is 0. The minimum Gasteiger partial charge on any atom is -0.323 e. The van der Waals surface area contributed by atoms with Gasteiger partial charge in [-0.15, -0.1) is 0 Å². The fourth-order valence-corrected chi connectivity index (χ4v) is 3.21. The first-order valence-electron chi connectivity index (χ1n) is 6.38. The van der Waals surface area contributed by atoms with Crippen LogP contribution < -0.4 is 11.3 Å². The molecule has 1 aromatic carbocycles. The number of hydrazine groups is 1. The quantitative estimate of drug-likeness (QED) is 0.481. The predicted molar refractivity (Wildman–Crippen MR) is 78.5 cm³/mol. The van der Waals surface area contributed by atoms with Gasteiger partial charge in [-0.1, -0.05) is 18.6 Å². The van der Waals surface area contributed by atoms with E-state index in [4.69, 9.17) is 10.8 Å². The SMILES string of the molecule is NNc1c2c(nc3c(Br)cccc13)CCCCC2. The number of hydrogen-bond acceptors (Lipinski definition) is 3. The molecule has 3 nitrogen and oxygen atoms in total. The lowest BCUT2D eigenvalue weighted by atomic mass is 10.0. The topological polar surface area (TPSA) is 50.9 Å². The molecule has 0 fully saturated rings. The van der Waals surface area contributed by atoms with Gasteiger partial charge in [0.1, 0.15) is 0 Å². The molecule has 0 radical (unpaired) electrons. The number of hydrogen-bond donors (Lipinski definition) is 2. The van der Waals surface area contributed by atoms with Crippen LogP contribution in [0.15, 0.2) is 22.7 Å². The molecule has 0 saturated heterocycles. The van der Waals surface area contributed by atoms with E-state index in [1.165, 1.54) is 30.5 Å². The van der Waals surface area contributed by atoms with Crippen LogP contribution in [0.1, 0.15) is 30.5 Å². The van der Waals surface area contributed by atoms with Crippen LogP contribution in [0.2, 0.25) is 0 Å². The number of rotatable bonds is 1. The van der Waals surface area contributed by atoms with Gasteiger partial charge in [-0.3, -0.25) is 10.8 Å². The van der Waals surface area contributed by atoms with E-state index in [0.29, 0.717) is 0 Å². The number of aryl methyl sites for hydroxylation is 1. The summed E-state index contributed by atoms with van der Waals surface area (Å²) in [5, 5.41) is 1.10. The molecule has 1 aliphatic rings. The highest BCUT2D eigenvalue weighted by Crippen LogP contribution is 2.34. The van der Waals surface area contributed by atoms with Gasteiger partial charge in [0.15, 0.2) is 0 Å². The molecule has 3 N–H and O–H groups in total. The molecular weight excluding hydrogens is 290 g/mol. The van der Waals surface area contributed by atoms with E-state index in [2.05, 4.69) is 27.4 Å². The Hall–Kier alpha value is -1.13. The van der Waals surface area contributed by atoms with Crippen LogP contribution in [0.5, 0.6) is 0 Å². The molecule has 1 heterocycles. The monoisotopic (exact) mass is 305 g/mol. The maximum atomic E-state index is 5.75. The van der Waals surface area contributed by atoms with Gasteiger partial charge in [-0.2, -0.15) is 0 Å². The van der Waals surface area contributed by atoms with Crippen molar-refractivity contribution in [2.45, 2.75) is 32.1 Å². The van der Waals surface area contributed by atoms with Crippen molar-refractivity contribution in [2.75, 3.05) is 5.43 Å². The molecule has 0 aliphatic heterocycles. The summed E-state index contributed by atoms with van der Waals surface area (Å²) in [5.41, 5.74) is 7.47. The van der Waals surface area contributed by atoms with Crippen LogP contribution in [-0.4, -0.2) is 4.98 Å². The average Bonchev–Trinajstić information content (AvgIpc) is 2.62. The Labute approximate surface area is 115 Å². The number of pyridine rings is 1. The molecule has 0 saturated carbocycles. The summed E-state index contributed by atoms with van der Waals surface area (Å²) < 4.78 is 1.03. The second kappa shape index (κ2) is 4.86. The molecule has 2 aromatic rings. The molecule has 1 aromatic heterocycles. The third-order valence-corrected chi connectivity index (χ3v) is 4.28. The maximum absolute atomic E-state index is 5.75. The minimum atomic E-state index is 1.01. The lowest BCUT2D eigenvalue weighted by Gasteiger charge is -2.15. The fourth-order valence-electron chi connectivity index (χ4n) is 2.75. The van der Waals surface area contributed by atoms with Gasteiger partial charge in [0.2, 0.25) is 0 Å². The molecule has 94 valence electrons. The molecule has 18 heavy (non-hydrogen) atoms. The Kier molecular flexibility index (Phi) is 3.22. The smallest absolute Gasteiger partial charge is 0.0868 e. The Bertz CT molecular complexity index is 595. The zero-order chi connectivity index (χ0) is 12.5. The first-order valence-corrected chi connectivity index (χ1v) is 7.17. The summed E-state index contributed by atoms with van der Waals surface area (Å²) in [5.74, 6) is 5.75. The number of anilines is 1. The molecule has 0 atom stereocenters. The fraction of sp³-hybridized carbons (Fsp3) is 0.357. The Morgan fingerprint density at radius 3 is 2.83 bits per heavy atom. The number of nitrogen functional groups attached to an aromatic ring is 1. The number of para-hydroxylation sites is 1. The number of fused-ring (bicyclic) bond motifs is 2. The molecule has 0 amide bonds. The van der Waals surface area contributed by atoms with Crippen LogP contribution in [-0.2, 0) is 12.8 Å². The van der Waals surface area contributed by atoms with E-state index >= 15 is 0 Å². The molecule has 0 bridgehead atoms. The number of nitrogens with one attached hydrogen (secondary N) is 1. The van der Waals surface area contributed by atoms with Gasteiger partial charge in [0.05, 0.1) is 11.2 Å². The highest BCUT2D eigenvalue weighted by atomic mass is 79.9. The molecule has 0 spiro atoms. The molecule has 4 heteroatoms. The Morgan fingerprint density at radius 1 is 1.17 bits per heavy atom. The summed E-state index contributed by atoms with van der Waals surface area (Å²) in [6.07, 6.45) is 5.85. The summed E-state index contributed by atoms with van der Waals surface area (Å²) in [6.45, 7) is 0. The van der Waals surface area contributed by atoms with E-state index < -0.39 is 0 Å². The van der Waals surface area contributed by atoms with Crippen molar-refractivity contribution >= 4 is 32.5 Å². The van der Waals surface area contributed by atoms with Crippen LogP contribution in [0, 0.1) is 0 Å². The van der Waals surface area contributed by atoms with Crippen molar-refractivity contribution in [3.05, 3.63) is 33.9 Å². The predicted octanol–water partition coefficient (Wildman–Crippen LogP) is 3.55. The lowest BCUT2D eigenvalue weighted by Crippen LogP contribution is -2.12. The largest absolute Gasteiger partial charge is 0.323 e. The van der Waals surface area contributed by atoms with Gasteiger partial charge < -0.3 is 5.43 Å². The summed E-state index contributed by atoms with van der Waals surface area (Å²) >= 11 is 3.58. The zero-order valence-electron chi connectivity index (χ0n) is 10.2. The molecular formula is C14H16BrN3. The highest BCUT2D eigenvalue weighted by Gasteiger charge is 2.17. The van der Waals surface area contributed by atoms with Gasteiger partial charge in [-0.05, 0) is 53.2 Å². The summed E-state index contributed by atoms with van der Waals surface area (Å²) in [6, 6.07) is 6.13. The van der Waals surface area contributed by atoms with Gasteiger partial charge in [-0.25, -0.2) is 0 Å². The Morgan fingerprint density at radius 2 is 2.00 bits per heavy atom. The lowest BCUT2D eigenvalue weighted by molar-refractivity contribution is 0.709. The second-order valence-electron chi connectivity index (χ2n) is 4.75. The first-order chi connectivity index (χ1) is 8.81.